The maximum atomic E-state index is 11.2. The first-order valence-electron chi connectivity index (χ1n) is 5.83. The standard InChI is InChI=1S/C14H16O2S/c1-9(2)7-8-11-10-5-3-4-6-12(10)17-13(11)14(15)16/h3-6,9H,7-8H2,1-2H3,(H,15,16). The van der Waals surface area contributed by atoms with Crippen LogP contribution in [0.3, 0.4) is 0 Å². The van der Waals surface area contributed by atoms with Crippen molar-refractivity contribution in [1.82, 2.24) is 0 Å². The van der Waals surface area contributed by atoms with Gasteiger partial charge in [0.25, 0.3) is 0 Å². The molecule has 0 bridgehead atoms. The monoisotopic (exact) mass is 248 g/mol. The Morgan fingerprint density at radius 2 is 2.06 bits per heavy atom. The summed E-state index contributed by atoms with van der Waals surface area (Å²) in [6, 6.07) is 7.94. The molecule has 0 aliphatic heterocycles. The van der Waals surface area contributed by atoms with Gasteiger partial charge in [-0.25, -0.2) is 4.79 Å². The van der Waals surface area contributed by atoms with Crippen molar-refractivity contribution in [2.75, 3.05) is 0 Å². The SMILES string of the molecule is CC(C)CCc1c(C(=O)O)sc2ccccc12. The Balaban J connectivity index is 2.48. The smallest absolute Gasteiger partial charge is 0.346 e. The van der Waals surface area contributed by atoms with Crippen molar-refractivity contribution in [3.63, 3.8) is 0 Å². The van der Waals surface area contributed by atoms with Crippen LogP contribution in [0.15, 0.2) is 24.3 Å². The Morgan fingerprint density at radius 1 is 1.35 bits per heavy atom. The van der Waals surface area contributed by atoms with Gasteiger partial charge in [-0.15, -0.1) is 11.3 Å². The summed E-state index contributed by atoms with van der Waals surface area (Å²) in [6.07, 6.45) is 1.88. The first kappa shape index (κ1) is 12.1. The molecular formula is C14H16O2S. The molecule has 1 N–H and O–H groups in total. The summed E-state index contributed by atoms with van der Waals surface area (Å²) in [4.78, 5) is 11.8. The third-order valence-corrected chi connectivity index (χ3v) is 4.07. The molecule has 0 fully saturated rings. The van der Waals surface area contributed by atoms with Crippen molar-refractivity contribution in [1.29, 1.82) is 0 Å². The average Bonchev–Trinajstić information content (AvgIpc) is 2.65. The van der Waals surface area contributed by atoms with E-state index >= 15 is 0 Å². The van der Waals surface area contributed by atoms with Gasteiger partial charge in [0.05, 0.1) is 0 Å². The summed E-state index contributed by atoms with van der Waals surface area (Å²) in [5, 5.41) is 10.3. The second-order valence-corrected chi connectivity index (χ2v) is 5.70. The number of hydrogen-bond donors (Lipinski definition) is 1. The third-order valence-electron chi connectivity index (χ3n) is 2.86. The van der Waals surface area contributed by atoms with Crippen molar-refractivity contribution < 1.29 is 9.90 Å². The lowest BCUT2D eigenvalue weighted by Crippen LogP contribution is -1.99. The molecule has 1 heterocycles. The summed E-state index contributed by atoms with van der Waals surface area (Å²) in [5.41, 5.74) is 1.01. The maximum absolute atomic E-state index is 11.2. The molecule has 2 nitrogen and oxygen atoms in total. The Bertz CT molecular complexity index is 540. The highest BCUT2D eigenvalue weighted by atomic mass is 32.1. The molecule has 2 aromatic rings. The van der Waals surface area contributed by atoms with E-state index in [-0.39, 0.29) is 0 Å². The topological polar surface area (TPSA) is 37.3 Å². The van der Waals surface area contributed by atoms with Crippen molar-refractivity contribution in [2.45, 2.75) is 26.7 Å². The van der Waals surface area contributed by atoms with E-state index in [4.69, 9.17) is 0 Å². The predicted octanol–water partition coefficient (Wildman–Crippen LogP) is 4.19. The van der Waals surface area contributed by atoms with Crippen molar-refractivity contribution in [2.24, 2.45) is 5.92 Å². The van der Waals surface area contributed by atoms with Crippen LogP contribution in [0, 0.1) is 5.92 Å². The summed E-state index contributed by atoms with van der Waals surface area (Å²) in [6.45, 7) is 4.32. The van der Waals surface area contributed by atoms with Crippen LogP contribution in [-0.2, 0) is 6.42 Å². The average molecular weight is 248 g/mol. The quantitative estimate of drug-likeness (QED) is 0.881. The van der Waals surface area contributed by atoms with Gasteiger partial charge in [0.1, 0.15) is 4.88 Å². The molecule has 1 aromatic carbocycles. The molecule has 0 saturated heterocycles. The number of fused-ring (bicyclic) bond motifs is 1. The van der Waals surface area contributed by atoms with Gasteiger partial charge in [0, 0.05) is 4.70 Å². The van der Waals surface area contributed by atoms with Gasteiger partial charge in [0.15, 0.2) is 0 Å². The Hall–Kier alpha value is -1.35. The first-order chi connectivity index (χ1) is 8.09. The number of carboxylic acids is 1. The van der Waals surface area contributed by atoms with Gasteiger partial charge in [-0.2, -0.15) is 0 Å². The van der Waals surface area contributed by atoms with Gasteiger partial charge < -0.3 is 5.11 Å². The molecule has 0 radical (unpaired) electrons. The molecule has 1 aromatic heterocycles. The summed E-state index contributed by atoms with van der Waals surface area (Å²) >= 11 is 1.38. The minimum Gasteiger partial charge on any atom is -0.477 e. The van der Waals surface area contributed by atoms with Gasteiger partial charge >= 0.3 is 5.97 Å². The van der Waals surface area contributed by atoms with E-state index in [0.717, 1.165) is 28.5 Å². The lowest BCUT2D eigenvalue weighted by Gasteiger charge is -2.05. The highest BCUT2D eigenvalue weighted by molar-refractivity contribution is 7.21. The fourth-order valence-electron chi connectivity index (χ4n) is 1.95. The Kier molecular flexibility index (Phi) is 3.48. The minimum atomic E-state index is -0.801. The molecule has 0 spiro atoms. The minimum absolute atomic E-state index is 0.506. The van der Waals surface area contributed by atoms with Crippen LogP contribution in [0.25, 0.3) is 10.1 Å². The normalized spacial score (nSPS) is 11.2. The molecule has 2 rings (SSSR count). The summed E-state index contributed by atoms with van der Waals surface area (Å²) < 4.78 is 1.07. The van der Waals surface area contributed by atoms with Crippen LogP contribution in [0.5, 0.6) is 0 Å². The number of aromatic carboxylic acids is 1. The van der Waals surface area contributed by atoms with Gasteiger partial charge in [0.2, 0.25) is 0 Å². The number of aryl methyl sites for hydroxylation is 1. The lowest BCUT2D eigenvalue weighted by atomic mass is 10.0. The van der Waals surface area contributed by atoms with E-state index in [1.807, 2.05) is 24.3 Å². The predicted molar refractivity (Wildman–Crippen MR) is 71.9 cm³/mol. The van der Waals surface area contributed by atoms with Crippen LogP contribution in [0.1, 0.15) is 35.5 Å². The van der Waals surface area contributed by atoms with E-state index in [1.54, 1.807) is 0 Å². The number of benzene rings is 1. The number of carbonyl (C=O) groups is 1. The third kappa shape index (κ3) is 2.50. The zero-order chi connectivity index (χ0) is 12.4. The zero-order valence-corrected chi connectivity index (χ0v) is 10.9. The molecule has 0 atom stereocenters. The highest BCUT2D eigenvalue weighted by Crippen LogP contribution is 2.32. The molecule has 0 aliphatic rings. The van der Waals surface area contributed by atoms with E-state index in [1.165, 1.54) is 11.3 Å². The molecular weight excluding hydrogens is 232 g/mol. The van der Waals surface area contributed by atoms with Crippen LogP contribution < -0.4 is 0 Å². The van der Waals surface area contributed by atoms with Gasteiger partial charge in [-0.3, -0.25) is 0 Å². The number of hydrogen-bond acceptors (Lipinski definition) is 2. The molecule has 3 heteroatoms. The lowest BCUT2D eigenvalue weighted by molar-refractivity contribution is 0.0701. The number of carboxylic acid groups (broad SMARTS) is 1. The summed E-state index contributed by atoms with van der Waals surface area (Å²) in [7, 11) is 0. The number of rotatable bonds is 4. The molecule has 0 unspecified atom stereocenters. The van der Waals surface area contributed by atoms with Gasteiger partial charge in [-0.1, -0.05) is 32.0 Å². The van der Waals surface area contributed by atoms with Crippen molar-refractivity contribution in [3.8, 4) is 0 Å². The number of thiophene rings is 1. The van der Waals surface area contributed by atoms with Gasteiger partial charge in [-0.05, 0) is 35.8 Å². The van der Waals surface area contributed by atoms with Crippen molar-refractivity contribution in [3.05, 3.63) is 34.7 Å². The first-order valence-corrected chi connectivity index (χ1v) is 6.65. The molecule has 0 aliphatic carbocycles. The second-order valence-electron chi connectivity index (χ2n) is 4.64. The molecule has 90 valence electrons. The van der Waals surface area contributed by atoms with Crippen LogP contribution in [0.2, 0.25) is 0 Å². The second kappa shape index (κ2) is 4.88. The van der Waals surface area contributed by atoms with E-state index in [2.05, 4.69) is 13.8 Å². The largest absolute Gasteiger partial charge is 0.477 e. The van der Waals surface area contributed by atoms with E-state index in [9.17, 15) is 9.90 Å². The highest BCUT2D eigenvalue weighted by Gasteiger charge is 2.17. The fraction of sp³-hybridized carbons (Fsp3) is 0.357. The van der Waals surface area contributed by atoms with Crippen LogP contribution >= 0.6 is 11.3 Å². The maximum Gasteiger partial charge on any atom is 0.346 e. The molecule has 0 amide bonds. The van der Waals surface area contributed by atoms with Crippen LogP contribution in [-0.4, -0.2) is 11.1 Å². The fourth-order valence-corrected chi connectivity index (χ4v) is 3.04. The van der Waals surface area contributed by atoms with Crippen LogP contribution in [0.4, 0.5) is 0 Å². The molecule has 0 saturated carbocycles. The Morgan fingerprint density at radius 3 is 2.71 bits per heavy atom. The molecule has 17 heavy (non-hydrogen) atoms. The zero-order valence-electron chi connectivity index (χ0n) is 10.1. The Labute approximate surface area is 105 Å². The van der Waals surface area contributed by atoms with E-state index < -0.39 is 5.97 Å². The van der Waals surface area contributed by atoms with Crippen molar-refractivity contribution >= 4 is 27.4 Å². The summed E-state index contributed by atoms with van der Waals surface area (Å²) in [5.74, 6) is -0.208. The van der Waals surface area contributed by atoms with E-state index in [0.29, 0.717) is 10.8 Å².